The molecular formula is C10H14N4S. The molecule has 15 heavy (non-hydrogen) atoms. The molecule has 1 atom stereocenters. The fourth-order valence-electron chi connectivity index (χ4n) is 1.40. The molecule has 0 spiro atoms. The van der Waals surface area contributed by atoms with E-state index in [0.29, 0.717) is 6.04 Å². The summed E-state index contributed by atoms with van der Waals surface area (Å²) in [6, 6.07) is 4.64. The minimum Gasteiger partial charge on any atom is -0.309 e. The van der Waals surface area contributed by atoms with Crippen molar-refractivity contribution in [3.8, 4) is 0 Å². The van der Waals surface area contributed by atoms with Crippen molar-refractivity contribution in [3.05, 3.63) is 34.5 Å². The minimum absolute atomic E-state index is 0.410. The molecular weight excluding hydrogens is 208 g/mol. The van der Waals surface area contributed by atoms with Gasteiger partial charge in [-0.3, -0.25) is 5.10 Å². The van der Waals surface area contributed by atoms with Crippen LogP contribution in [0.4, 0.5) is 0 Å². The molecule has 0 saturated heterocycles. The standard InChI is InChI=1S/C10H14N4S/c1-8(9-3-2-6-15-9)11-5-4-10-12-7-13-14-10/h2-3,6-8,11H,4-5H2,1H3,(H,12,13,14). The molecule has 80 valence electrons. The molecule has 2 N–H and O–H groups in total. The Hall–Kier alpha value is -1.20. The maximum absolute atomic E-state index is 4.07. The summed E-state index contributed by atoms with van der Waals surface area (Å²) in [6.45, 7) is 3.08. The van der Waals surface area contributed by atoms with Crippen molar-refractivity contribution in [1.29, 1.82) is 0 Å². The maximum atomic E-state index is 4.07. The van der Waals surface area contributed by atoms with E-state index in [0.717, 1.165) is 18.8 Å². The van der Waals surface area contributed by atoms with Crippen molar-refractivity contribution in [1.82, 2.24) is 20.5 Å². The molecule has 0 fully saturated rings. The van der Waals surface area contributed by atoms with Gasteiger partial charge in [-0.05, 0) is 18.4 Å². The second kappa shape index (κ2) is 5.04. The van der Waals surface area contributed by atoms with Gasteiger partial charge in [-0.1, -0.05) is 6.07 Å². The average molecular weight is 222 g/mol. The van der Waals surface area contributed by atoms with E-state index >= 15 is 0 Å². The largest absolute Gasteiger partial charge is 0.309 e. The first-order chi connectivity index (χ1) is 7.36. The molecule has 0 aromatic carbocycles. The number of aromatic nitrogens is 3. The lowest BCUT2D eigenvalue weighted by atomic mass is 10.2. The van der Waals surface area contributed by atoms with Crippen LogP contribution in [0.2, 0.25) is 0 Å². The molecule has 0 aliphatic rings. The Morgan fingerprint density at radius 3 is 3.20 bits per heavy atom. The van der Waals surface area contributed by atoms with Crippen molar-refractivity contribution >= 4 is 11.3 Å². The average Bonchev–Trinajstić information content (AvgIpc) is 2.90. The third-order valence-corrected chi connectivity index (χ3v) is 3.30. The van der Waals surface area contributed by atoms with Crippen LogP contribution in [0.15, 0.2) is 23.8 Å². The van der Waals surface area contributed by atoms with E-state index in [9.17, 15) is 0 Å². The topological polar surface area (TPSA) is 53.6 Å². The van der Waals surface area contributed by atoms with Crippen LogP contribution >= 0.6 is 11.3 Å². The van der Waals surface area contributed by atoms with Gasteiger partial charge in [-0.25, -0.2) is 4.98 Å². The zero-order valence-corrected chi connectivity index (χ0v) is 9.42. The Bertz CT molecular complexity index is 368. The van der Waals surface area contributed by atoms with Crippen LogP contribution in [-0.4, -0.2) is 21.7 Å². The van der Waals surface area contributed by atoms with Gasteiger partial charge in [0.15, 0.2) is 0 Å². The Labute approximate surface area is 92.8 Å². The number of thiophene rings is 1. The molecule has 0 aliphatic carbocycles. The van der Waals surface area contributed by atoms with E-state index in [4.69, 9.17) is 0 Å². The fraction of sp³-hybridized carbons (Fsp3) is 0.400. The van der Waals surface area contributed by atoms with E-state index < -0.39 is 0 Å². The fourth-order valence-corrected chi connectivity index (χ4v) is 2.16. The maximum Gasteiger partial charge on any atom is 0.137 e. The number of hydrogen-bond acceptors (Lipinski definition) is 4. The molecule has 0 radical (unpaired) electrons. The summed E-state index contributed by atoms with van der Waals surface area (Å²) in [4.78, 5) is 5.44. The first-order valence-corrected chi connectivity index (χ1v) is 5.85. The van der Waals surface area contributed by atoms with Crippen molar-refractivity contribution in [2.24, 2.45) is 0 Å². The quantitative estimate of drug-likeness (QED) is 0.810. The molecule has 0 amide bonds. The lowest BCUT2D eigenvalue weighted by Crippen LogP contribution is -2.20. The van der Waals surface area contributed by atoms with Gasteiger partial charge in [0.2, 0.25) is 0 Å². The smallest absolute Gasteiger partial charge is 0.137 e. The molecule has 2 heterocycles. The molecule has 0 saturated carbocycles. The number of aromatic amines is 1. The van der Waals surface area contributed by atoms with Crippen molar-refractivity contribution in [2.75, 3.05) is 6.54 Å². The third kappa shape index (κ3) is 2.87. The van der Waals surface area contributed by atoms with Gasteiger partial charge in [-0.15, -0.1) is 11.3 Å². The zero-order chi connectivity index (χ0) is 10.5. The SMILES string of the molecule is CC(NCCc1ncn[nH]1)c1cccs1. The first-order valence-electron chi connectivity index (χ1n) is 4.97. The molecule has 4 nitrogen and oxygen atoms in total. The highest BCUT2D eigenvalue weighted by Gasteiger charge is 2.05. The molecule has 2 rings (SSSR count). The van der Waals surface area contributed by atoms with Crippen molar-refractivity contribution < 1.29 is 0 Å². The van der Waals surface area contributed by atoms with E-state index in [1.165, 1.54) is 11.2 Å². The zero-order valence-electron chi connectivity index (χ0n) is 8.60. The molecule has 2 aromatic heterocycles. The summed E-state index contributed by atoms with van der Waals surface area (Å²) in [5, 5.41) is 12.2. The highest BCUT2D eigenvalue weighted by Crippen LogP contribution is 2.17. The minimum atomic E-state index is 0.410. The summed E-state index contributed by atoms with van der Waals surface area (Å²) in [5.41, 5.74) is 0. The third-order valence-electron chi connectivity index (χ3n) is 2.25. The van der Waals surface area contributed by atoms with Crippen LogP contribution in [0.5, 0.6) is 0 Å². The molecule has 2 aromatic rings. The molecule has 0 aliphatic heterocycles. The second-order valence-corrected chi connectivity index (χ2v) is 4.35. The van der Waals surface area contributed by atoms with Gasteiger partial charge in [0.1, 0.15) is 12.2 Å². The van der Waals surface area contributed by atoms with E-state index in [2.05, 4.69) is 44.9 Å². The van der Waals surface area contributed by atoms with Crippen molar-refractivity contribution in [3.63, 3.8) is 0 Å². The van der Waals surface area contributed by atoms with Gasteiger partial charge in [0.05, 0.1) is 0 Å². The number of hydrogen-bond donors (Lipinski definition) is 2. The van der Waals surface area contributed by atoms with E-state index in [1.54, 1.807) is 11.3 Å². The number of nitrogens with one attached hydrogen (secondary N) is 2. The Morgan fingerprint density at radius 1 is 1.60 bits per heavy atom. The summed E-state index contributed by atoms with van der Waals surface area (Å²) in [7, 11) is 0. The monoisotopic (exact) mass is 222 g/mol. The Kier molecular flexibility index (Phi) is 3.47. The number of H-pyrrole nitrogens is 1. The van der Waals surface area contributed by atoms with Crippen LogP contribution in [0.1, 0.15) is 23.7 Å². The summed E-state index contributed by atoms with van der Waals surface area (Å²) >= 11 is 1.78. The number of nitrogens with zero attached hydrogens (tertiary/aromatic N) is 2. The predicted octanol–water partition coefficient (Wildman–Crippen LogP) is 1.76. The van der Waals surface area contributed by atoms with Crippen LogP contribution in [-0.2, 0) is 6.42 Å². The highest BCUT2D eigenvalue weighted by atomic mass is 32.1. The number of rotatable bonds is 5. The van der Waals surface area contributed by atoms with Crippen LogP contribution in [0.25, 0.3) is 0 Å². The lowest BCUT2D eigenvalue weighted by Gasteiger charge is -2.10. The summed E-state index contributed by atoms with van der Waals surface area (Å²) in [5.74, 6) is 0.931. The van der Waals surface area contributed by atoms with Crippen LogP contribution < -0.4 is 5.32 Å². The first kappa shape index (κ1) is 10.3. The van der Waals surface area contributed by atoms with Gasteiger partial charge >= 0.3 is 0 Å². The van der Waals surface area contributed by atoms with Gasteiger partial charge in [0, 0.05) is 23.9 Å². The normalized spacial score (nSPS) is 12.9. The second-order valence-electron chi connectivity index (χ2n) is 3.37. The van der Waals surface area contributed by atoms with Crippen LogP contribution in [0, 0.1) is 0 Å². The Morgan fingerprint density at radius 2 is 2.53 bits per heavy atom. The highest BCUT2D eigenvalue weighted by molar-refractivity contribution is 7.10. The van der Waals surface area contributed by atoms with E-state index in [-0.39, 0.29) is 0 Å². The lowest BCUT2D eigenvalue weighted by molar-refractivity contribution is 0.578. The van der Waals surface area contributed by atoms with Gasteiger partial charge < -0.3 is 5.32 Å². The van der Waals surface area contributed by atoms with Gasteiger partial charge in [0.25, 0.3) is 0 Å². The van der Waals surface area contributed by atoms with E-state index in [1.807, 2.05) is 0 Å². The van der Waals surface area contributed by atoms with Gasteiger partial charge in [-0.2, -0.15) is 5.10 Å². The molecule has 1 unspecified atom stereocenters. The van der Waals surface area contributed by atoms with Crippen LogP contribution in [0.3, 0.4) is 0 Å². The molecule has 5 heteroatoms. The Balaban J connectivity index is 1.74. The summed E-state index contributed by atoms with van der Waals surface area (Å²) in [6.07, 6.45) is 2.42. The summed E-state index contributed by atoms with van der Waals surface area (Å²) < 4.78 is 0. The predicted molar refractivity (Wildman–Crippen MR) is 60.8 cm³/mol. The van der Waals surface area contributed by atoms with Crippen molar-refractivity contribution in [2.45, 2.75) is 19.4 Å². The molecule has 0 bridgehead atoms.